The van der Waals surface area contributed by atoms with Gasteiger partial charge in [-0.15, -0.1) is 0 Å². The number of aromatic hydroxyl groups is 1. The lowest BCUT2D eigenvalue weighted by molar-refractivity contribution is 0.0955. The number of phenolic OH excluding ortho intramolecular Hbond substituents is 1. The molecule has 0 bridgehead atoms. The Balaban J connectivity index is 1.89. The lowest BCUT2D eigenvalue weighted by Crippen LogP contribution is -2.39. The Labute approximate surface area is 164 Å². The predicted molar refractivity (Wildman–Crippen MR) is 109 cm³/mol. The first kappa shape index (κ1) is 21.2. The van der Waals surface area contributed by atoms with Gasteiger partial charge in [-0.05, 0) is 62.2 Å². The molecule has 0 heterocycles. The van der Waals surface area contributed by atoms with Gasteiger partial charge < -0.3 is 21.1 Å². The van der Waals surface area contributed by atoms with Crippen LogP contribution in [0.5, 0.6) is 5.75 Å². The van der Waals surface area contributed by atoms with Crippen LogP contribution < -0.4 is 16.0 Å². The minimum absolute atomic E-state index is 0.116. The maximum atomic E-state index is 13.8. The van der Waals surface area contributed by atoms with E-state index in [9.17, 15) is 14.3 Å². The van der Waals surface area contributed by atoms with Crippen LogP contribution in [0.25, 0.3) is 0 Å². The van der Waals surface area contributed by atoms with Crippen molar-refractivity contribution in [2.24, 2.45) is 4.99 Å². The summed E-state index contributed by atoms with van der Waals surface area (Å²) in [5.74, 6) is 0.252. The van der Waals surface area contributed by atoms with Crippen molar-refractivity contribution in [2.75, 3.05) is 19.6 Å². The quantitative estimate of drug-likeness (QED) is 0.335. The van der Waals surface area contributed by atoms with Crippen molar-refractivity contribution in [1.82, 2.24) is 16.0 Å². The lowest BCUT2D eigenvalue weighted by atomic mass is 10.1. The molecule has 0 saturated carbocycles. The van der Waals surface area contributed by atoms with Gasteiger partial charge in [-0.2, -0.15) is 0 Å². The van der Waals surface area contributed by atoms with Crippen molar-refractivity contribution in [3.8, 4) is 5.75 Å². The van der Waals surface area contributed by atoms with Crippen LogP contribution in [0.2, 0.25) is 0 Å². The number of carbonyl (C=O) groups excluding carboxylic acids is 1. The van der Waals surface area contributed by atoms with E-state index in [4.69, 9.17) is 0 Å². The largest absolute Gasteiger partial charge is 0.508 e. The van der Waals surface area contributed by atoms with Crippen molar-refractivity contribution in [3.05, 3.63) is 65.0 Å². The molecule has 28 heavy (non-hydrogen) atoms. The Bertz CT molecular complexity index is 822. The first-order valence-electron chi connectivity index (χ1n) is 9.28. The topological polar surface area (TPSA) is 85.8 Å². The van der Waals surface area contributed by atoms with Crippen molar-refractivity contribution in [3.63, 3.8) is 0 Å². The number of aryl methyl sites for hydroxylation is 1. The fraction of sp³-hybridized carbons (Fsp3) is 0.333. The van der Waals surface area contributed by atoms with Gasteiger partial charge in [0.25, 0.3) is 5.91 Å². The van der Waals surface area contributed by atoms with Crippen LogP contribution in [-0.4, -0.2) is 36.6 Å². The Morgan fingerprint density at radius 1 is 1.18 bits per heavy atom. The average Bonchev–Trinajstić information content (AvgIpc) is 2.67. The van der Waals surface area contributed by atoms with E-state index in [0.717, 1.165) is 5.56 Å². The molecule has 0 fully saturated rings. The summed E-state index contributed by atoms with van der Waals surface area (Å²) in [5, 5.41) is 18.4. The number of carbonyl (C=O) groups is 1. The zero-order valence-electron chi connectivity index (χ0n) is 16.4. The number of amides is 1. The molecule has 7 heteroatoms. The number of hydrogen-bond donors (Lipinski definition) is 4. The molecule has 0 radical (unpaired) electrons. The Kier molecular flexibility index (Phi) is 7.80. The van der Waals surface area contributed by atoms with Crippen LogP contribution in [0, 0.1) is 12.7 Å². The number of rotatable bonds is 7. The molecule has 0 aliphatic rings. The molecular formula is C21H27FN4O2. The number of hydrogen-bond acceptors (Lipinski definition) is 3. The summed E-state index contributed by atoms with van der Waals surface area (Å²) in [6, 6.07) is 11.1. The fourth-order valence-electron chi connectivity index (χ4n) is 2.54. The van der Waals surface area contributed by atoms with Crippen LogP contribution in [0.15, 0.2) is 47.5 Å². The van der Waals surface area contributed by atoms with Gasteiger partial charge in [0.15, 0.2) is 5.96 Å². The van der Waals surface area contributed by atoms with Gasteiger partial charge in [0.05, 0.1) is 12.6 Å². The zero-order chi connectivity index (χ0) is 20.5. The van der Waals surface area contributed by atoms with Crippen molar-refractivity contribution in [1.29, 1.82) is 0 Å². The third-order valence-electron chi connectivity index (χ3n) is 4.19. The van der Waals surface area contributed by atoms with Crippen molar-refractivity contribution < 1.29 is 14.3 Å². The molecule has 0 aromatic heterocycles. The van der Waals surface area contributed by atoms with Gasteiger partial charge in [-0.1, -0.05) is 12.1 Å². The molecule has 1 atom stereocenters. The van der Waals surface area contributed by atoms with Crippen LogP contribution in [0.1, 0.15) is 41.4 Å². The SMILES string of the molecule is CCNC(=NCCNC(=O)c1ccc(O)cc1)NC(C)c1ccc(C)c(F)c1. The first-order chi connectivity index (χ1) is 13.4. The molecule has 0 saturated heterocycles. The second-order valence-corrected chi connectivity index (χ2v) is 6.44. The number of nitrogens with one attached hydrogen (secondary N) is 3. The molecule has 6 nitrogen and oxygen atoms in total. The Morgan fingerprint density at radius 3 is 2.54 bits per heavy atom. The summed E-state index contributed by atoms with van der Waals surface area (Å²) < 4.78 is 13.8. The Morgan fingerprint density at radius 2 is 1.89 bits per heavy atom. The number of halogens is 1. The number of guanidine groups is 1. The van der Waals surface area contributed by atoms with E-state index < -0.39 is 0 Å². The molecule has 1 unspecified atom stereocenters. The molecule has 0 aliphatic carbocycles. The van der Waals surface area contributed by atoms with Crippen molar-refractivity contribution >= 4 is 11.9 Å². The highest BCUT2D eigenvalue weighted by molar-refractivity contribution is 5.94. The third kappa shape index (κ3) is 6.26. The zero-order valence-corrected chi connectivity index (χ0v) is 16.4. The van der Waals surface area contributed by atoms with Crippen molar-refractivity contribution in [2.45, 2.75) is 26.8 Å². The molecule has 1 amide bonds. The van der Waals surface area contributed by atoms with Gasteiger partial charge in [0.2, 0.25) is 0 Å². The second kappa shape index (κ2) is 10.3. The smallest absolute Gasteiger partial charge is 0.251 e. The van der Waals surface area contributed by atoms with E-state index in [0.29, 0.717) is 36.7 Å². The molecule has 2 aromatic rings. The maximum Gasteiger partial charge on any atom is 0.251 e. The van der Waals surface area contributed by atoms with Crippen LogP contribution in [0.3, 0.4) is 0 Å². The number of nitrogens with zero attached hydrogens (tertiary/aromatic N) is 1. The van der Waals surface area contributed by atoms with E-state index in [1.165, 1.54) is 18.2 Å². The van der Waals surface area contributed by atoms with Gasteiger partial charge >= 0.3 is 0 Å². The van der Waals surface area contributed by atoms with Crippen LogP contribution in [0.4, 0.5) is 4.39 Å². The summed E-state index contributed by atoms with van der Waals surface area (Å²) in [5.41, 5.74) is 1.91. The summed E-state index contributed by atoms with van der Waals surface area (Å²) >= 11 is 0. The maximum absolute atomic E-state index is 13.8. The molecule has 4 N–H and O–H groups in total. The predicted octanol–water partition coefficient (Wildman–Crippen LogP) is 2.89. The molecule has 150 valence electrons. The summed E-state index contributed by atoms with van der Waals surface area (Å²) in [7, 11) is 0. The summed E-state index contributed by atoms with van der Waals surface area (Å²) in [4.78, 5) is 16.5. The van der Waals surface area contributed by atoms with Gasteiger partial charge in [0.1, 0.15) is 11.6 Å². The minimum Gasteiger partial charge on any atom is -0.508 e. The monoisotopic (exact) mass is 386 g/mol. The van der Waals surface area contributed by atoms with Crippen LogP contribution in [-0.2, 0) is 0 Å². The summed E-state index contributed by atoms with van der Waals surface area (Å²) in [6.07, 6.45) is 0. The fourth-order valence-corrected chi connectivity index (χ4v) is 2.54. The standard InChI is InChI=1S/C21H27FN4O2/c1-4-23-21(26-15(3)17-6-5-14(2)19(22)13-17)25-12-11-24-20(28)16-7-9-18(27)10-8-16/h5-10,13,15,27H,4,11-12H2,1-3H3,(H,24,28)(H2,23,25,26). The number of benzene rings is 2. The highest BCUT2D eigenvalue weighted by Gasteiger charge is 2.10. The Hall–Kier alpha value is -3.09. The summed E-state index contributed by atoms with van der Waals surface area (Å²) in [6.45, 7) is 7.05. The minimum atomic E-state index is -0.231. The number of phenols is 1. The van der Waals surface area contributed by atoms with E-state index in [1.54, 1.807) is 25.1 Å². The van der Waals surface area contributed by atoms with E-state index >= 15 is 0 Å². The molecular weight excluding hydrogens is 359 g/mol. The van der Waals surface area contributed by atoms with E-state index in [-0.39, 0.29) is 23.5 Å². The average molecular weight is 386 g/mol. The molecule has 2 aromatic carbocycles. The van der Waals surface area contributed by atoms with E-state index in [2.05, 4.69) is 20.9 Å². The number of aliphatic imine (C=N–C) groups is 1. The third-order valence-corrected chi connectivity index (χ3v) is 4.19. The highest BCUT2D eigenvalue weighted by Crippen LogP contribution is 2.16. The first-order valence-corrected chi connectivity index (χ1v) is 9.28. The molecule has 0 aliphatic heterocycles. The van der Waals surface area contributed by atoms with Gasteiger partial charge in [-0.3, -0.25) is 9.79 Å². The van der Waals surface area contributed by atoms with Crippen LogP contribution >= 0.6 is 0 Å². The lowest BCUT2D eigenvalue weighted by Gasteiger charge is -2.18. The van der Waals surface area contributed by atoms with Gasteiger partial charge in [0, 0.05) is 18.7 Å². The highest BCUT2D eigenvalue weighted by atomic mass is 19.1. The van der Waals surface area contributed by atoms with E-state index in [1.807, 2.05) is 19.9 Å². The molecule has 2 rings (SSSR count). The normalized spacial score (nSPS) is 12.4. The van der Waals surface area contributed by atoms with Gasteiger partial charge in [-0.25, -0.2) is 4.39 Å². The molecule has 0 spiro atoms. The second-order valence-electron chi connectivity index (χ2n) is 6.44.